The van der Waals surface area contributed by atoms with E-state index in [1.165, 1.54) is 6.20 Å². The van der Waals surface area contributed by atoms with Gasteiger partial charge in [-0.3, -0.25) is 10.00 Å². The first-order valence-corrected chi connectivity index (χ1v) is 8.57. The lowest BCUT2D eigenvalue weighted by Crippen LogP contribution is -2.44. The first kappa shape index (κ1) is 17.1. The summed E-state index contributed by atoms with van der Waals surface area (Å²) in [5, 5.41) is 6.67. The van der Waals surface area contributed by atoms with Gasteiger partial charge in [0.25, 0.3) is 6.43 Å². The van der Waals surface area contributed by atoms with Crippen LogP contribution in [0.1, 0.15) is 25.7 Å². The molecule has 6 nitrogen and oxygen atoms in total. The predicted molar refractivity (Wildman–Crippen MR) is 85.1 cm³/mol. The van der Waals surface area contributed by atoms with Crippen LogP contribution in [0.3, 0.4) is 0 Å². The number of urea groups is 1. The van der Waals surface area contributed by atoms with Gasteiger partial charge < -0.3 is 9.64 Å². The van der Waals surface area contributed by atoms with Crippen molar-refractivity contribution in [2.45, 2.75) is 38.7 Å². The molecule has 2 aliphatic heterocycles. The molecule has 0 bridgehead atoms. The van der Waals surface area contributed by atoms with Crippen molar-refractivity contribution in [1.82, 2.24) is 14.7 Å². The van der Waals surface area contributed by atoms with E-state index in [9.17, 15) is 13.6 Å². The van der Waals surface area contributed by atoms with E-state index in [2.05, 4.69) is 10.4 Å². The van der Waals surface area contributed by atoms with Crippen molar-refractivity contribution >= 4 is 11.8 Å². The molecule has 1 unspecified atom stereocenters. The van der Waals surface area contributed by atoms with Crippen LogP contribution in [0.25, 0.3) is 0 Å². The molecule has 1 N–H and O–H groups in total. The summed E-state index contributed by atoms with van der Waals surface area (Å²) in [6, 6.07) is 1.34. The number of aromatic nitrogens is 2. The summed E-state index contributed by atoms with van der Waals surface area (Å²) in [7, 11) is 0. The molecular weight excluding hydrogens is 318 g/mol. The number of piperidine rings is 1. The third-order valence-corrected chi connectivity index (χ3v) is 4.88. The van der Waals surface area contributed by atoms with Crippen LogP contribution in [0.2, 0.25) is 0 Å². The van der Waals surface area contributed by atoms with Gasteiger partial charge in [0.1, 0.15) is 6.54 Å². The van der Waals surface area contributed by atoms with Crippen LogP contribution >= 0.6 is 0 Å². The zero-order valence-corrected chi connectivity index (χ0v) is 13.7. The maximum atomic E-state index is 12.4. The molecule has 1 aromatic rings. The normalized spacial score (nSPS) is 22.8. The molecule has 2 aliphatic rings. The van der Waals surface area contributed by atoms with Gasteiger partial charge in [-0.2, -0.15) is 5.10 Å². The Kier molecular flexibility index (Phi) is 5.65. The second-order valence-electron chi connectivity index (χ2n) is 6.54. The Morgan fingerprint density at radius 1 is 1.33 bits per heavy atom. The lowest BCUT2D eigenvalue weighted by atomic mass is 9.81. The fraction of sp³-hybridized carbons (Fsp3) is 0.750. The molecule has 1 aromatic heterocycles. The summed E-state index contributed by atoms with van der Waals surface area (Å²) in [5.74, 6) is 1.46. The molecule has 8 heteroatoms. The average Bonchev–Trinajstić information content (AvgIpc) is 3.02. The van der Waals surface area contributed by atoms with E-state index in [1.54, 1.807) is 6.07 Å². The van der Waals surface area contributed by atoms with Gasteiger partial charge in [0.15, 0.2) is 5.82 Å². The smallest absolute Gasteiger partial charge is 0.323 e. The number of amides is 2. The van der Waals surface area contributed by atoms with E-state index < -0.39 is 13.0 Å². The van der Waals surface area contributed by atoms with E-state index in [4.69, 9.17) is 4.74 Å². The van der Waals surface area contributed by atoms with Crippen LogP contribution in [0, 0.1) is 11.8 Å². The molecule has 3 heterocycles. The minimum Gasteiger partial charge on any atom is -0.381 e. The number of nitrogens with one attached hydrogen (secondary N) is 1. The second kappa shape index (κ2) is 7.92. The summed E-state index contributed by atoms with van der Waals surface area (Å²) in [6.07, 6.45) is 3.27. The molecule has 24 heavy (non-hydrogen) atoms. The average molecular weight is 342 g/mol. The van der Waals surface area contributed by atoms with Gasteiger partial charge in [-0.1, -0.05) is 0 Å². The van der Waals surface area contributed by atoms with Crippen LogP contribution < -0.4 is 5.32 Å². The molecule has 2 amide bonds. The summed E-state index contributed by atoms with van der Waals surface area (Å²) in [6.45, 7) is 2.63. The van der Waals surface area contributed by atoms with Gasteiger partial charge in [0, 0.05) is 38.6 Å². The molecule has 134 valence electrons. The maximum absolute atomic E-state index is 12.4. The number of hydrogen-bond donors (Lipinski definition) is 1. The zero-order chi connectivity index (χ0) is 16.9. The summed E-state index contributed by atoms with van der Waals surface area (Å²) in [5.41, 5.74) is 0. The highest BCUT2D eigenvalue weighted by molar-refractivity contribution is 5.88. The molecule has 0 saturated carbocycles. The van der Waals surface area contributed by atoms with Gasteiger partial charge in [0.2, 0.25) is 0 Å². The third-order valence-electron chi connectivity index (χ3n) is 4.88. The Balaban J connectivity index is 1.53. The van der Waals surface area contributed by atoms with Crippen molar-refractivity contribution in [2.24, 2.45) is 11.8 Å². The number of carbonyl (C=O) groups is 1. The van der Waals surface area contributed by atoms with Crippen molar-refractivity contribution in [3.05, 3.63) is 12.3 Å². The fourth-order valence-corrected chi connectivity index (χ4v) is 3.63. The topological polar surface area (TPSA) is 59.4 Å². The van der Waals surface area contributed by atoms with Gasteiger partial charge in [0.05, 0.1) is 0 Å². The summed E-state index contributed by atoms with van der Waals surface area (Å²) < 4.78 is 31.2. The highest BCUT2D eigenvalue weighted by Gasteiger charge is 2.30. The minimum atomic E-state index is -2.46. The molecule has 2 fully saturated rings. The standard InChI is InChI=1S/C16H24F2N4O2/c17-14(18)11-22-7-3-15(20-22)19-16(23)21-6-1-2-13(10-21)12-4-8-24-9-5-12/h3,7,12-14H,1-2,4-6,8-11H2,(H,19,20,23). The quantitative estimate of drug-likeness (QED) is 0.915. The molecule has 0 spiro atoms. The number of hydrogen-bond acceptors (Lipinski definition) is 3. The molecule has 0 aromatic carbocycles. The lowest BCUT2D eigenvalue weighted by Gasteiger charge is -2.38. The number of anilines is 1. The first-order valence-electron chi connectivity index (χ1n) is 8.57. The lowest BCUT2D eigenvalue weighted by molar-refractivity contribution is 0.0322. The third kappa shape index (κ3) is 4.43. The minimum absolute atomic E-state index is 0.200. The molecule has 2 saturated heterocycles. The molecular formula is C16H24F2N4O2. The van der Waals surface area contributed by atoms with Crippen LogP contribution in [-0.4, -0.2) is 53.4 Å². The number of carbonyl (C=O) groups excluding carboxylic acids is 1. The zero-order valence-electron chi connectivity index (χ0n) is 13.7. The van der Waals surface area contributed by atoms with Crippen molar-refractivity contribution in [2.75, 3.05) is 31.6 Å². The predicted octanol–water partition coefficient (Wildman–Crippen LogP) is 2.82. The fourth-order valence-electron chi connectivity index (χ4n) is 3.63. The van der Waals surface area contributed by atoms with Crippen molar-refractivity contribution < 1.29 is 18.3 Å². The maximum Gasteiger partial charge on any atom is 0.323 e. The Bertz CT molecular complexity index is 546. The van der Waals surface area contributed by atoms with E-state index in [0.717, 1.165) is 56.7 Å². The Labute approximate surface area is 140 Å². The van der Waals surface area contributed by atoms with Crippen LogP contribution in [-0.2, 0) is 11.3 Å². The number of halogens is 2. The van der Waals surface area contributed by atoms with E-state index in [0.29, 0.717) is 17.7 Å². The van der Waals surface area contributed by atoms with E-state index >= 15 is 0 Å². The molecule has 1 atom stereocenters. The van der Waals surface area contributed by atoms with Crippen LogP contribution in [0.4, 0.5) is 19.4 Å². The Hall–Kier alpha value is -1.70. The Morgan fingerprint density at radius 3 is 2.88 bits per heavy atom. The van der Waals surface area contributed by atoms with Gasteiger partial charge in [-0.25, -0.2) is 13.6 Å². The SMILES string of the molecule is O=C(Nc1ccn(CC(F)F)n1)N1CCCC(C2CCOCC2)C1. The van der Waals surface area contributed by atoms with Crippen LogP contribution in [0.15, 0.2) is 12.3 Å². The molecule has 0 radical (unpaired) electrons. The summed E-state index contributed by atoms with van der Waals surface area (Å²) >= 11 is 0. The van der Waals surface area contributed by atoms with E-state index in [-0.39, 0.29) is 6.03 Å². The molecule has 0 aliphatic carbocycles. The van der Waals surface area contributed by atoms with Crippen LogP contribution in [0.5, 0.6) is 0 Å². The number of likely N-dealkylation sites (tertiary alicyclic amines) is 1. The summed E-state index contributed by atoms with van der Waals surface area (Å²) in [4.78, 5) is 14.2. The Morgan fingerprint density at radius 2 is 2.12 bits per heavy atom. The van der Waals surface area contributed by atoms with E-state index in [1.807, 2.05) is 4.90 Å². The second-order valence-corrected chi connectivity index (χ2v) is 6.54. The highest BCUT2D eigenvalue weighted by atomic mass is 19.3. The van der Waals surface area contributed by atoms with Crippen molar-refractivity contribution in [3.63, 3.8) is 0 Å². The number of alkyl halides is 2. The van der Waals surface area contributed by atoms with Gasteiger partial charge >= 0.3 is 6.03 Å². The number of ether oxygens (including phenoxy) is 1. The molecule has 3 rings (SSSR count). The first-order chi connectivity index (χ1) is 11.6. The highest BCUT2D eigenvalue weighted by Crippen LogP contribution is 2.31. The van der Waals surface area contributed by atoms with Crippen molar-refractivity contribution in [1.29, 1.82) is 0 Å². The largest absolute Gasteiger partial charge is 0.381 e. The van der Waals surface area contributed by atoms with Crippen molar-refractivity contribution in [3.8, 4) is 0 Å². The van der Waals surface area contributed by atoms with Gasteiger partial charge in [-0.05, 0) is 37.5 Å². The number of nitrogens with zero attached hydrogens (tertiary/aromatic N) is 3. The monoisotopic (exact) mass is 342 g/mol. The number of rotatable bonds is 4. The van der Waals surface area contributed by atoms with Gasteiger partial charge in [-0.15, -0.1) is 0 Å².